The van der Waals surface area contributed by atoms with Crippen LogP contribution in [0.2, 0.25) is 5.02 Å². The number of unbranched alkanes of at least 4 members (excludes halogenated alkanes) is 2. The van der Waals surface area contributed by atoms with Gasteiger partial charge in [0, 0.05) is 22.6 Å². The van der Waals surface area contributed by atoms with Crippen LogP contribution in [0.4, 0.5) is 5.69 Å². The molecule has 5 rings (SSSR count). The largest absolute Gasteiger partial charge is 0.493 e. The molecule has 1 atom stereocenters. The molecular weight excluding hydrogens is 520 g/mol. The van der Waals surface area contributed by atoms with Crippen LogP contribution < -0.4 is 19.5 Å². The number of methoxy groups -OCH3 is 1. The average Bonchev–Trinajstić information content (AvgIpc) is 3.11. The highest BCUT2D eigenvalue weighted by Gasteiger charge is 2.27. The molecule has 0 fully saturated rings. The van der Waals surface area contributed by atoms with E-state index in [9.17, 15) is 0 Å². The maximum atomic E-state index is 6.72. The molecule has 4 aromatic rings. The summed E-state index contributed by atoms with van der Waals surface area (Å²) in [6.07, 6.45) is 2.85. The van der Waals surface area contributed by atoms with Crippen LogP contribution in [0.5, 0.6) is 17.4 Å². The van der Waals surface area contributed by atoms with Gasteiger partial charge >= 0.3 is 0 Å². The summed E-state index contributed by atoms with van der Waals surface area (Å²) in [4.78, 5) is 4.73. The van der Waals surface area contributed by atoms with Crippen molar-refractivity contribution in [2.45, 2.75) is 44.2 Å². The first-order chi connectivity index (χ1) is 18.7. The lowest BCUT2D eigenvalue weighted by Crippen LogP contribution is -2.17. The lowest BCUT2D eigenvalue weighted by molar-refractivity contribution is 0.224. The quantitative estimate of drug-likeness (QED) is 0.161. The normalized spacial score (nSPS) is 13.9. The molecular formula is C29H29ClN4O3S. The average molecular weight is 549 g/mol. The van der Waals surface area contributed by atoms with Crippen LogP contribution in [0.15, 0.2) is 71.9 Å². The highest BCUT2D eigenvalue weighted by atomic mass is 35.5. The molecule has 1 aromatic heterocycles. The van der Waals surface area contributed by atoms with Crippen molar-refractivity contribution in [2.75, 3.05) is 18.2 Å². The zero-order valence-electron chi connectivity index (χ0n) is 21.3. The van der Waals surface area contributed by atoms with Gasteiger partial charge in [-0.1, -0.05) is 91.7 Å². The number of nitrogens with one attached hydrogen (secondary N) is 1. The van der Waals surface area contributed by atoms with Crippen molar-refractivity contribution in [1.29, 1.82) is 0 Å². The number of fused-ring (bicyclic) bond motifs is 3. The van der Waals surface area contributed by atoms with E-state index in [4.69, 9.17) is 30.8 Å². The van der Waals surface area contributed by atoms with Crippen molar-refractivity contribution in [3.63, 3.8) is 0 Å². The van der Waals surface area contributed by atoms with Gasteiger partial charge in [-0.3, -0.25) is 0 Å². The van der Waals surface area contributed by atoms with E-state index in [0.29, 0.717) is 39.9 Å². The molecule has 2 heterocycles. The minimum Gasteiger partial charge on any atom is -0.493 e. The summed E-state index contributed by atoms with van der Waals surface area (Å²) in [5, 5.41) is 13.3. The number of hydrogen-bond donors (Lipinski definition) is 1. The van der Waals surface area contributed by atoms with Gasteiger partial charge in [-0.15, -0.1) is 10.2 Å². The summed E-state index contributed by atoms with van der Waals surface area (Å²) in [5.74, 6) is 2.34. The number of para-hydroxylation sites is 1. The molecule has 9 heteroatoms. The zero-order valence-corrected chi connectivity index (χ0v) is 22.9. The number of rotatable bonds is 10. The number of benzene rings is 3. The minimum absolute atomic E-state index is 0.372. The summed E-state index contributed by atoms with van der Waals surface area (Å²) < 4.78 is 18.1. The molecule has 1 aliphatic heterocycles. The molecule has 1 N–H and O–H groups in total. The Kier molecular flexibility index (Phi) is 8.51. The highest BCUT2D eigenvalue weighted by molar-refractivity contribution is 7.99. The van der Waals surface area contributed by atoms with E-state index < -0.39 is 6.23 Å². The lowest BCUT2D eigenvalue weighted by Gasteiger charge is -2.21. The molecule has 3 aromatic carbocycles. The Morgan fingerprint density at radius 3 is 2.66 bits per heavy atom. The van der Waals surface area contributed by atoms with E-state index in [1.807, 2.05) is 66.7 Å². The van der Waals surface area contributed by atoms with Crippen molar-refractivity contribution >= 4 is 29.1 Å². The molecule has 0 amide bonds. The third kappa shape index (κ3) is 5.97. The Bertz CT molecular complexity index is 1390. The second kappa shape index (κ2) is 12.4. The summed E-state index contributed by atoms with van der Waals surface area (Å²) in [7, 11) is 1.59. The summed E-state index contributed by atoms with van der Waals surface area (Å²) in [6, 6.07) is 21.5. The van der Waals surface area contributed by atoms with E-state index in [2.05, 4.69) is 22.4 Å². The number of aromatic nitrogens is 3. The van der Waals surface area contributed by atoms with Gasteiger partial charge in [-0.05, 0) is 30.2 Å². The molecule has 0 bridgehead atoms. The smallest absolute Gasteiger partial charge is 0.247 e. The Balaban J connectivity index is 1.45. The van der Waals surface area contributed by atoms with Gasteiger partial charge < -0.3 is 19.5 Å². The van der Waals surface area contributed by atoms with Gasteiger partial charge in [-0.2, -0.15) is 4.98 Å². The highest BCUT2D eigenvalue weighted by Crippen LogP contribution is 2.43. The van der Waals surface area contributed by atoms with Gasteiger partial charge in [0.1, 0.15) is 6.61 Å². The van der Waals surface area contributed by atoms with Gasteiger partial charge in [0.05, 0.1) is 12.1 Å². The molecule has 7 nitrogen and oxygen atoms in total. The molecule has 0 unspecified atom stereocenters. The first-order valence-corrected chi connectivity index (χ1v) is 14.0. The van der Waals surface area contributed by atoms with E-state index in [1.165, 1.54) is 12.8 Å². The van der Waals surface area contributed by atoms with E-state index in [0.717, 1.165) is 34.6 Å². The van der Waals surface area contributed by atoms with Gasteiger partial charge in [-0.25, -0.2) is 0 Å². The Morgan fingerprint density at radius 2 is 1.84 bits per heavy atom. The Hall–Kier alpha value is -3.49. The lowest BCUT2D eigenvalue weighted by atomic mass is 10.1. The van der Waals surface area contributed by atoms with E-state index in [-0.39, 0.29) is 0 Å². The van der Waals surface area contributed by atoms with Crippen LogP contribution in [0, 0.1) is 0 Å². The van der Waals surface area contributed by atoms with Crippen LogP contribution >= 0.6 is 23.4 Å². The van der Waals surface area contributed by atoms with Crippen molar-refractivity contribution in [3.05, 3.63) is 82.9 Å². The van der Waals surface area contributed by atoms with Crippen molar-refractivity contribution in [3.8, 4) is 28.6 Å². The van der Waals surface area contributed by atoms with Gasteiger partial charge in [0.25, 0.3) is 0 Å². The molecule has 0 aliphatic carbocycles. The number of thioether (sulfide) groups is 1. The maximum absolute atomic E-state index is 6.72. The monoisotopic (exact) mass is 548 g/mol. The second-order valence-electron chi connectivity index (χ2n) is 8.80. The van der Waals surface area contributed by atoms with Crippen molar-refractivity contribution < 1.29 is 14.2 Å². The van der Waals surface area contributed by atoms with E-state index >= 15 is 0 Å². The van der Waals surface area contributed by atoms with Crippen LogP contribution in [0.25, 0.3) is 11.3 Å². The summed E-state index contributed by atoms with van der Waals surface area (Å²) in [6.45, 7) is 2.56. The predicted molar refractivity (Wildman–Crippen MR) is 151 cm³/mol. The second-order valence-corrected chi connectivity index (χ2v) is 10.3. The fourth-order valence-electron chi connectivity index (χ4n) is 4.14. The fourth-order valence-corrected chi connectivity index (χ4v) is 5.19. The van der Waals surface area contributed by atoms with Crippen LogP contribution in [0.3, 0.4) is 0 Å². The Labute approximate surface area is 231 Å². The molecule has 196 valence electrons. The van der Waals surface area contributed by atoms with E-state index in [1.54, 1.807) is 18.9 Å². The molecule has 0 spiro atoms. The molecule has 0 radical (unpaired) electrons. The number of hydrogen-bond acceptors (Lipinski definition) is 8. The van der Waals surface area contributed by atoms with Gasteiger partial charge in [0.2, 0.25) is 11.0 Å². The van der Waals surface area contributed by atoms with Crippen LogP contribution in [0.1, 0.15) is 43.5 Å². The fraction of sp³-hybridized carbons (Fsp3) is 0.276. The SMILES string of the molecule is CCCCCSc1nnc2c(n1)O[C@@H](c1cc(Cl)c(OCc3ccccc3)c(OC)c1)Nc1ccccc1-2. The first-order valence-electron chi connectivity index (χ1n) is 12.6. The minimum atomic E-state index is -0.596. The third-order valence-corrected chi connectivity index (χ3v) is 7.30. The number of ether oxygens (including phenoxy) is 3. The number of halogens is 1. The standard InChI is InChI=1S/C29H29ClN4O3S/c1-3-4-10-15-38-29-32-28-25(33-34-29)21-13-8-9-14-23(21)31-27(37-28)20-16-22(30)26(24(17-20)35-2)36-18-19-11-6-5-7-12-19/h5-9,11-14,16-17,27,31H,3-4,10,15,18H2,1-2H3/t27-/m0/s1. The first kappa shape index (κ1) is 26.1. The van der Waals surface area contributed by atoms with Crippen molar-refractivity contribution in [1.82, 2.24) is 15.2 Å². The van der Waals surface area contributed by atoms with Crippen molar-refractivity contribution in [2.24, 2.45) is 0 Å². The molecule has 1 aliphatic rings. The van der Waals surface area contributed by atoms with Crippen LogP contribution in [-0.4, -0.2) is 28.0 Å². The summed E-state index contributed by atoms with van der Waals surface area (Å²) >= 11 is 8.31. The van der Waals surface area contributed by atoms with Gasteiger partial charge in [0.15, 0.2) is 23.4 Å². The summed E-state index contributed by atoms with van der Waals surface area (Å²) in [5.41, 5.74) is 4.11. The topological polar surface area (TPSA) is 78.4 Å². The Morgan fingerprint density at radius 1 is 1.03 bits per heavy atom. The zero-order chi connectivity index (χ0) is 26.3. The van der Waals surface area contributed by atoms with Crippen LogP contribution in [-0.2, 0) is 6.61 Å². The predicted octanol–water partition coefficient (Wildman–Crippen LogP) is 7.57. The number of anilines is 1. The maximum Gasteiger partial charge on any atom is 0.247 e. The molecule has 0 saturated carbocycles. The molecule has 0 saturated heterocycles. The third-order valence-electron chi connectivity index (χ3n) is 6.09. The molecule has 38 heavy (non-hydrogen) atoms. The number of nitrogens with zero attached hydrogens (tertiary/aromatic N) is 3.